The molecule has 0 saturated heterocycles. The second kappa shape index (κ2) is 8.30. The lowest BCUT2D eigenvalue weighted by atomic mass is 9.52. The number of hydrogen-bond acceptors (Lipinski definition) is 7. The van der Waals surface area contributed by atoms with Gasteiger partial charge in [-0.25, -0.2) is 0 Å². The van der Waals surface area contributed by atoms with Crippen LogP contribution in [0.1, 0.15) is 79.6 Å². The van der Waals surface area contributed by atoms with Gasteiger partial charge in [-0.15, -0.1) is 18.3 Å². The third kappa shape index (κ3) is 3.15. The van der Waals surface area contributed by atoms with Crippen molar-refractivity contribution in [1.29, 1.82) is 0 Å². The van der Waals surface area contributed by atoms with E-state index in [0.29, 0.717) is 25.0 Å². The van der Waals surface area contributed by atoms with E-state index < -0.39 is 34.6 Å². The lowest BCUT2D eigenvalue weighted by molar-refractivity contribution is -0.177. The molecule has 2 unspecified atom stereocenters. The molecule has 7 heteroatoms. The molecule has 0 aliphatic heterocycles. The highest BCUT2D eigenvalue weighted by atomic mass is 32.2. The van der Waals surface area contributed by atoms with Crippen LogP contribution >= 0.6 is 11.8 Å². The minimum absolute atomic E-state index is 0.0105. The molecule has 4 N–H and O–H groups in total. The molecule has 0 amide bonds. The molecule has 0 bridgehead atoms. The van der Waals surface area contributed by atoms with Crippen molar-refractivity contribution in [1.82, 2.24) is 0 Å². The molecule has 0 heterocycles. The van der Waals surface area contributed by atoms with Crippen LogP contribution in [-0.2, 0) is 14.3 Å². The number of hydrogen-bond donors (Lipinski definition) is 3. The van der Waals surface area contributed by atoms with Crippen LogP contribution in [0.5, 0.6) is 0 Å². The molecule has 6 nitrogen and oxygen atoms in total. The fourth-order valence-corrected chi connectivity index (χ4v) is 11.1. The highest BCUT2D eigenvalue weighted by Gasteiger charge is 2.94. The molecule has 5 aliphatic rings. The van der Waals surface area contributed by atoms with Crippen LogP contribution in [0.15, 0.2) is 12.7 Å². The zero-order valence-corrected chi connectivity index (χ0v) is 23.4. The van der Waals surface area contributed by atoms with Gasteiger partial charge in [0.05, 0.1) is 18.0 Å². The van der Waals surface area contributed by atoms with Crippen LogP contribution in [0.2, 0.25) is 0 Å². The van der Waals surface area contributed by atoms with Gasteiger partial charge in [0, 0.05) is 34.0 Å². The first-order valence-electron chi connectivity index (χ1n) is 13.8. The third-order valence-electron chi connectivity index (χ3n) is 12.0. The summed E-state index contributed by atoms with van der Waals surface area (Å²) in [7, 11) is 0. The van der Waals surface area contributed by atoms with Crippen LogP contribution in [0.4, 0.5) is 0 Å². The number of ether oxygens (including phenoxy) is 1. The number of esters is 1. The van der Waals surface area contributed by atoms with Gasteiger partial charge in [-0.05, 0) is 61.2 Å². The van der Waals surface area contributed by atoms with E-state index in [2.05, 4.69) is 34.3 Å². The SMILES string of the molecule is C=C[C@]1(C)C[C@@H](OC(=O)CS[C@@H]2CC[C@@H](N)C[C@H]2O)[C@]2(C)C(C)C[C@@]34C(=O)CC[C@]3(C24)C(C)(C)[C@@H]1O. The highest BCUT2D eigenvalue weighted by molar-refractivity contribution is 8.00. The average Bonchev–Trinajstić information content (AvgIpc) is 3.20. The number of nitrogens with two attached hydrogens (primary N) is 1. The number of aliphatic hydroxyl groups is 2. The zero-order chi connectivity index (χ0) is 26.5. The quantitative estimate of drug-likeness (QED) is 0.374. The zero-order valence-electron chi connectivity index (χ0n) is 22.6. The molecule has 11 atom stereocenters. The van der Waals surface area contributed by atoms with E-state index in [-0.39, 0.29) is 45.7 Å². The van der Waals surface area contributed by atoms with Gasteiger partial charge in [0.15, 0.2) is 0 Å². The number of thioether (sulfide) groups is 1. The summed E-state index contributed by atoms with van der Waals surface area (Å²) in [6.07, 6.45) is 5.10. The monoisotopic (exact) mass is 519 g/mol. The van der Waals surface area contributed by atoms with Crippen LogP contribution < -0.4 is 5.73 Å². The number of ketones is 1. The van der Waals surface area contributed by atoms with E-state index in [9.17, 15) is 19.8 Å². The number of carbonyl (C=O) groups is 2. The standard InChI is InChI=1S/C29H45NO5S/c1-7-26(5)14-21(35-22(33)15-36-19-9-8-17(30)12-18(19)31)27(6)16(2)13-28-20(32)10-11-29(28,23(27)28)25(3,4)24(26)34/h7,16-19,21,23-24,31,34H,1,8-15,30H2,2-6H3/t16?,17-,18-,19-,21-,23?,24+,26-,27+,28+,29+/m1/s1. The van der Waals surface area contributed by atoms with Gasteiger partial charge in [-0.2, -0.15) is 0 Å². The largest absolute Gasteiger partial charge is 0.461 e. The first-order valence-corrected chi connectivity index (χ1v) is 14.9. The number of carbonyl (C=O) groups excluding carboxylic acids is 2. The molecule has 202 valence electrons. The predicted molar refractivity (Wildman–Crippen MR) is 141 cm³/mol. The fraction of sp³-hybridized carbons (Fsp3) is 0.862. The van der Waals surface area contributed by atoms with Crippen LogP contribution in [-0.4, -0.2) is 57.3 Å². The van der Waals surface area contributed by atoms with E-state index in [0.717, 1.165) is 25.7 Å². The number of aliphatic hydroxyl groups excluding tert-OH is 2. The van der Waals surface area contributed by atoms with E-state index in [1.54, 1.807) is 0 Å². The van der Waals surface area contributed by atoms with Crippen molar-refractivity contribution in [2.75, 3.05) is 5.75 Å². The minimum Gasteiger partial charge on any atom is -0.461 e. The van der Waals surface area contributed by atoms with Gasteiger partial charge in [0.25, 0.3) is 0 Å². The summed E-state index contributed by atoms with van der Waals surface area (Å²) >= 11 is 1.46. The van der Waals surface area contributed by atoms with E-state index in [1.165, 1.54) is 11.8 Å². The molecular formula is C29H45NO5S. The van der Waals surface area contributed by atoms with Crippen molar-refractivity contribution in [3.8, 4) is 0 Å². The molecule has 0 aromatic heterocycles. The Bertz CT molecular complexity index is 969. The Labute approximate surface area is 220 Å². The van der Waals surface area contributed by atoms with Crippen molar-refractivity contribution >= 4 is 23.5 Å². The van der Waals surface area contributed by atoms with Gasteiger partial charge >= 0.3 is 5.97 Å². The Morgan fingerprint density at radius 2 is 1.92 bits per heavy atom. The minimum atomic E-state index is -0.701. The molecule has 2 spiro atoms. The van der Waals surface area contributed by atoms with Crippen LogP contribution in [0, 0.1) is 38.9 Å². The maximum absolute atomic E-state index is 13.5. The Morgan fingerprint density at radius 1 is 1.22 bits per heavy atom. The van der Waals surface area contributed by atoms with Crippen molar-refractivity contribution < 1.29 is 24.5 Å². The lowest BCUT2D eigenvalue weighted by Gasteiger charge is -2.55. The summed E-state index contributed by atoms with van der Waals surface area (Å²) in [5, 5.41) is 22.3. The normalized spacial score (nSPS) is 53.1. The molecular weight excluding hydrogens is 474 g/mol. The maximum atomic E-state index is 13.5. The van der Waals surface area contributed by atoms with Gasteiger partial charge in [0.1, 0.15) is 11.9 Å². The first-order chi connectivity index (χ1) is 16.7. The van der Waals surface area contributed by atoms with Crippen molar-refractivity contribution in [3.05, 3.63) is 12.7 Å². The molecule has 0 radical (unpaired) electrons. The van der Waals surface area contributed by atoms with Gasteiger partial charge in [0.2, 0.25) is 0 Å². The fourth-order valence-electron chi connectivity index (χ4n) is 10.0. The topological polar surface area (TPSA) is 110 Å². The van der Waals surface area contributed by atoms with Crippen molar-refractivity contribution in [2.24, 2.45) is 44.6 Å². The predicted octanol–water partition coefficient (Wildman–Crippen LogP) is 3.87. The van der Waals surface area contributed by atoms with Gasteiger partial charge in [-0.1, -0.05) is 40.7 Å². The number of rotatable bonds is 5. The van der Waals surface area contributed by atoms with Gasteiger partial charge < -0.3 is 20.7 Å². The third-order valence-corrected chi connectivity index (χ3v) is 13.4. The molecule has 5 fully saturated rings. The number of Topliss-reactive ketones (excluding diaryl/α,β-unsaturated/α-hetero) is 1. The lowest BCUT2D eigenvalue weighted by Crippen LogP contribution is -2.57. The Morgan fingerprint density at radius 3 is 2.56 bits per heavy atom. The maximum Gasteiger partial charge on any atom is 0.316 e. The first kappa shape index (κ1) is 26.7. The van der Waals surface area contributed by atoms with Crippen molar-refractivity contribution in [3.63, 3.8) is 0 Å². The van der Waals surface area contributed by atoms with Gasteiger partial charge in [-0.3, -0.25) is 9.59 Å². The summed E-state index contributed by atoms with van der Waals surface area (Å²) < 4.78 is 6.35. The summed E-state index contributed by atoms with van der Waals surface area (Å²) in [5.74, 6) is 0.574. The average molecular weight is 520 g/mol. The summed E-state index contributed by atoms with van der Waals surface area (Å²) in [6.45, 7) is 14.9. The van der Waals surface area contributed by atoms with Crippen LogP contribution in [0.3, 0.4) is 0 Å². The molecule has 0 aromatic carbocycles. The molecule has 36 heavy (non-hydrogen) atoms. The summed E-state index contributed by atoms with van der Waals surface area (Å²) in [5.41, 5.74) is 3.82. The Balaban J connectivity index is 1.45. The van der Waals surface area contributed by atoms with E-state index in [1.807, 2.05) is 13.0 Å². The van der Waals surface area contributed by atoms with Crippen molar-refractivity contribution in [2.45, 2.75) is 109 Å². The van der Waals surface area contributed by atoms with Crippen LogP contribution in [0.25, 0.3) is 0 Å². The highest BCUT2D eigenvalue weighted by Crippen LogP contribution is 2.93. The molecule has 5 saturated carbocycles. The van der Waals surface area contributed by atoms with E-state index >= 15 is 0 Å². The summed E-state index contributed by atoms with van der Waals surface area (Å²) in [4.78, 5) is 26.8. The second-order valence-electron chi connectivity index (χ2n) is 13.8. The molecule has 5 rings (SSSR count). The van der Waals surface area contributed by atoms with E-state index in [4.69, 9.17) is 10.5 Å². The smallest absolute Gasteiger partial charge is 0.316 e. The second-order valence-corrected chi connectivity index (χ2v) is 15.0. The molecule has 5 aliphatic carbocycles. The molecule has 0 aromatic rings. The Hall–Kier alpha value is -0.890. The Kier molecular flexibility index (Phi) is 6.16. The summed E-state index contributed by atoms with van der Waals surface area (Å²) in [6, 6.07) is 0.0233.